The quantitative estimate of drug-likeness (QED) is 0.904. The predicted molar refractivity (Wildman–Crippen MR) is 78.6 cm³/mol. The van der Waals surface area contributed by atoms with E-state index in [1.165, 1.54) is 0 Å². The summed E-state index contributed by atoms with van der Waals surface area (Å²) in [6, 6.07) is 5.08. The van der Waals surface area contributed by atoms with Crippen molar-refractivity contribution < 1.29 is 19.0 Å². The fourth-order valence-corrected chi connectivity index (χ4v) is 2.55. The van der Waals surface area contributed by atoms with Crippen molar-refractivity contribution in [1.29, 1.82) is 0 Å². The Hall–Kier alpha value is -2.12. The van der Waals surface area contributed by atoms with Crippen LogP contribution in [0.4, 0.5) is 0 Å². The van der Waals surface area contributed by atoms with Gasteiger partial charge >= 0.3 is 0 Å². The summed E-state index contributed by atoms with van der Waals surface area (Å²) in [6.07, 6.45) is 2.89. The molecular formula is C15H19N3O4. The molecular weight excluding hydrogens is 286 g/mol. The third kappa shape index (κ3) is 2.90. The van der Waals surface area contributed by atoms with Gasteiger partial charge in [0.05, 0.1) is 30.5 Å². The molecule has 2 aromatic rings. The number of aromatic nitrogens is 2. The SMILES string of the molecule is COc1ccc(C(N)=O)c2cc(COC3CCCCO3)nn12. The van der Waals surface area contributed by atoms with Crippen LogP contribution in [-0.2, 0) is 16.1 Å². The number of pyridine rings is 1. The molecule has 22 heavy (non-hydrogen) atoms. The molecule has 0 saturated carbocycles. The Morgan fingerprint density at radius 2 is 2.36 bits per heavy atom. The van der Waals surface area contributed by atoms with Crippen LogP contribution in [0.3, 0.4) is 0 Å². The van der Waals surface area contributed by atoms with Crippen LogP contribution in [0.5, 0.6) is 5.88 Å². The van der Waals surface area contributed by atoms with E-state index in [0.29, 0.717) is 29.3 Å². The van der Waals surface area contributed by atoms with Gasteiger partial charge in [-0.3, -0.25) is 4.79 Å². The molecule has 1 amide bonds. The van der Waals surface area contributed by atoms with E-state index in [1.54, 1.807) is 29.8 Å². The summed E-state index contributed by atoms with van der Waals surface area (Å²) in [7, 11) is 1.55. The highest BCUT2D eigenvalue weighted by molar-refractivity contribution is 5.99. The van der Waals surface area contributed by atoms with Gasteiger partial charge in [-0.05, 0) is 31.4 Å². The van der Waals surface area contributed by atoms with Gasteiger partial charge in [0.25, 0.3) is 5.91 Å². The predicted octanol–water partition coefficient (Wildman–Crippen LogP) is 1.49. The van der Waals surface area contributed by atoms with Gasteiger partial charge in [0.1, 0.15) is 0 Å². The monoisotopic (exact) mass is 305 g/mol. The van der Waals surface area contributed by atoms with Crippen LogP contribution in [0.2, 0.25) is 0 Å². The highest BCUT2D eigenvalue weighted by Gasteiger charge is 2.17. The minimum absolute atomic E-state index is 0.184. The van der Waals surface area contributed by atoms with Gasteiger partial charge in [-0.1, -0.05) is 0 Å². The number of primary amides is 1. The smallest absolute Gasteiger partial charge is 0.250 e. The lowest BCUT2D eigenvalue weighted by molar-refractivity contribution is -0.169. The molecule has 2 N–H and O–H groups in total. The van der Waals surface area contributed by atoms with Crippen LogP contribution in [0.1, 0.15) is 35.3 Å². The zero-order valence-corrected chi connectivity index (χ0v) is 12.4. The van der Waals surface area contributed by atoms with Gasteiger partial charge in [-0.25, -0.2) is 0 Å². The Morgan fingerprint density at radius 3 is 3.05 bits per heavy atom. The van der Waals surface area contributed by atoms with Crippen molar-refractivity contribution >= 4 is 11.4 Å². The third-order valence-electron chi connectivity index (χ3n) is 3.67. The maximum atomic E-state index is 11.5. The van der Waals surface area contributed by atoms with E-state index in [4.69, 9.17) is 19.9 Å². The van der Waals surface area contributed by atoms with Crippen LogP contribution < -0.4 is 10.5 Å². The molecule has 0 aliphatic carbocycles. The number of hydrogen-bond donors (Lipinski definition) is 1. The van der Waals surface area contributed by atoms with Crippen LogP contribution in [0.25, 0.3) is 5.52 Å². The van der Waals surface area contributed by atoms with E-state index in [-0.39, 0.29) is 6.29 Å². The van der Waals surface area contributed by atoms with E-state index in [0.717, 1.165) is 25.9 Å². The fraction of sp³-hybridized carbons (Fsp3) is 0.467. The lowest BCUT2D eigenvalue weighted by Gasteiger charge is -2.22. The molecule has 0 bridgehead atoms. The minimum atomic E-state index is -0.504. The molecule has 1 aliphatic rings. The molecule has 7 nitrogen and oxygen atoms in total. The maximum Gasteiger partial charge on any atom is 0.250 e. The second kappa shape index (κ2) is 6.33. The Balaban J connectivity index is 1.84. The first kappa shape index (κ1) is 14.8. The van der Waals surface area contributed by atoms with Crippen molar-refractivity contribution in [3.8, 4) is 5.88 Å². The number of carbonyl (C=O) groups excluding carboxylic acids is 1. The maximum absolute atomic E-state index is 11.5. The molecule has 2 aromatic heterocycles. The van der Waals surface area contributed by atoms with Crippen molar-refractivity contribution in [3.63, 3.8) is 0 Å². The average Bonchev–Trinajstić information content (AvgIpc) is 2.96. The number of ether oxygens (including phenoxy) is 3. The molecule has 118 valence electrons. The van der Waals surface area contributed by atoms with Gasteiger partial charge in [0.15, 0.2) is 6.29 Å². The molecule has 3 heterocycles. The van der Waals surface area contributed by atoms with E-state index in [9.17, 15) is 4.79 Å². The second-order valence-corrected chi connectivity index (χ2v) is 5.19. The summed E-state index contributed by atoms with van der Waals surface area (Å²) >= 11 is 0. The molecule has 1 aliphatic heterocycles. The molecule has 1 saturated heterocycles. The van der Waals surface area contributed by atoms with E-state index >= 15 is 0 Å². The molecule has 1 unspecified atom stereocenters. The molecule has 0 aromatic carbocycles. The van der Waals surface area contributed by atoms with Crippen LogP contribution in [-0.4, -0.2) is 35.5 Å². The molecule has 0 radical (unpaired) electrons. The molecule has 0 spiro atoms. The van der Waals surface area contributed by atoms with Crippen LogP contribution in [0.15, 0.2) is 18.2 Å². The van der Waals surface area contributed by atoms with Gasteiger partial charge in [-0.15, -0.1) is 0 Å². The molecule has 3 rings (SSSR count). The van der Waals surface area contributed by atoms with Crippen LogP contribution >= 0.6 is 0 Å². The standard InChI is InChI=1S/C15H19N3O4/c1-20-13-6-5-11(15(16)19)12-8-10(17-18(12)13)9-22-14-4-2-3-7-21-14/h5-6,8,14H,2-4,7,9H2,1H3,(H2,16,19). The summed E-state index contributed by atoms with van der Waals surface area (Å²) in [5, 5.41) is 4.41. The summed E-state index contributed by atoms with van der Waals surface area (Å²) in [6.45, 7) is 1.04. The summed E-state index contributed by atoms with van der Waals surface area (Å²) < 4.78 is 18.1. The van der Waals surface area contributed by atoms with E-state index in [2.05, 4.69) is 5.10 Å². The zero-order valence-electron chi connectivity index (χ0n) is 12.4. The number of nitrogens with zero attached hydrogens (tertiary/aromatic N) is 2. The van der Waals surface area contributed by atoms with Gasteiger partial charge < -0.3 is 19.9 Å². The van der Waals surface area contributed by atoms with Crippen molar-refractivity contribution in [2.24, 2.45) is 5.73 Å². The largest absolute Gasteiger partial charge is 0.481 e. The number of amides is 1. The number of rotatable bonds is 5. The Labute approximate surface area is 127 Å². The number of methoxy groups -OCH3 is 1. The number of hydrogen-bond acceptors (Lipinski definition) is 5. The van der Waals surface area contributed by atoms with Crippen LogP contribution in [0, 0.1) is 0 Å². The normalized spacial score (nSPS) is 18.5. The van der Waals surface area contributed by atoms with Crippen molar-refractivity contribution in [2.45, 2.75) is 32.2 Å². The number of nitrogens with two attached hydrogens (primary N) is 1. The van der Waals surface area contributed by atoms with Gasteiger partial charge in [0, 0.05) is 12.7 Å². The average molecular weight is 305 g/mol. The minimum Gasteiger partial charge on any atom is -0.481 e. The lowest BCUT2D eigenvalue weighted by atomic mass is 10.2. The first-order valence-corrected chi connectivity index (χ1v) is 7.27. The van der Waals surface area contributed by atoms with E-state index < -0.39 is 5.91 Å². The Morgan fingerprint density at radius 1 is 1.50 bits per heavy atom. The number of fused-ring (bicyclic) bond motifs is 1. The van der Waals surface area contributed by atoms with Gasteiger partial charge in [0.2, 0.25) is 5.88 Å². The fourth-order valence-electron chi connectivity index (χ4n) is 2.55. The third-order valence-corrected chi connectivity index (χ3v) is 3.67. The van der Waals surface area contributed by atoms with Crippen molar-refractivity contribution in [3.05, 3.63) is 29.5 Å². The van der Waals surface area contributed by atoms with Crippen molar-refractivity contribution in [2.75, 3.05) is 13.7 Å². The molecule has 7 heteroatoms. The van der Waals surface area contributed by atoms with Crippen molar-refractivity contribution in [1.82, 2.24) is 9.61 Å². The number of carbonyl (C=O) groups is 1. The topological polar surface area (TPSA) is 88.1 Å². The highest BCUT2D eigenvalue weighted by atomic mass is 16.7. The summed E-state index contributed by atoms with van der Waals surface area (Å²) in [5.74, 6) is 0.0239. The first-order chi connectivity index (χ1) is 10.7. The second-order valence-electron chi connectivity index (χ2n) is 5.19. The zero-order chi connectivity index (χ0) is 15.5. The lowest BCUT2D eigenvalue weighted by Crippen LogP contribution is -2.22. The van der Waals surface area contributed by atoms with Gasteiger partial charge in [-0.2, -0.15) is 9.61 Å². The Bertz CT molecular complexity index is 677. The molecule has 1 fully saturated rings. The van der Waals surface area contributed by atoms with E-state index in [1.807, 2.05) is 0 Å². The Kier molecular flexibility index (Phi) is 4.26. The summed E-state index contributed by atoms with van der Waals surface area (Å²) in [5.41, 5.74) is 7.10. The summed E-state index contributed by atoms with van der Waals surface area (Å²) in [4.78, 5) is 11.5. The highest BCUT2D eigenvalue weighted by Crippen LogP contribution is 2.21. The first-order valence-electron chi connectivity index (χ1n) is 7.27. The molecule has 1 atom stereocenters.